The van der Waals surface area contributed by atoms with Crippen molar-refractivity contribution >= 4 is 253 Å². The zero-order chi connectivity index (χ0) is 59.8. The molecular formula is C12H36O31Si32. The van der Waals surface area contributed by atoms with Gasteiger partial charge in [-0.1, -0.05) is 0 Å². The molecule has 0 aliphatic heterocycles. The molecule has 0 spiro atoms. The van der Waals surface area contributed by atoms with E-state index in [1.165, 1.54) is 13.1 Å². The largest absolute Gasteiger partial charge is 0.575 e. The molecule has 0 rings (SSSR count). The Morgan fingerprint density at radius 1 is 0.253 bits per heavy atom. The van der Waals surface area contributed by atoms with Gasteiger partial charge in [-0.3, -0.25) is 0 Å². The van der Waals surface area contributed by atoms with Gasteiger partial charge in [0.1, 0.15) is 0 Å². The molecule has 0 amide bonds. The fraction of sp³-hybridized carbons (Fsp3) is 1.00. The topological polar surface area (TPSA) is 490 Å². The minimum absolute atomic E-state index is 0.867. The summed E-state index contributed by atoms with van der Waals surface area (Å²) in [4.78, 5) is 0. The maximum Gasteiger partial charge on any atom is 0.533 e. The van der Waals surface area contributed by atoms with Crippen molar-refractivity contribution in [2.45, 2.75) is 78.6 Å². The Bertz CT molecular complexity index is 2890. The van der Waals surface area contributed by atoms with Crippen molar-refractivity contribution in [1.29, 1.82) is 0 Å². The van der Waals surface area contributed by atoms with Crippen molar-refractivity contribution in [2.24, 2.45) is 0 Å². The second-order valence-corrected chi connectivity index (χ2v) is 165. The molecule has 2 radical (unpaired) electrons. The van der Waals surface area contributed by atoms with Gasteiger partial charge in [0.25, 0.3) is 25.0 Å². The zero-order valence-electron chi connectivity index (χ0n) is 40.7. The molecule has 75 heavy (non-hydrogen) atoms. The lowest BCUT2D eigenvalue weighted by Crippen LogP contribution is -2.60. The van der Waals surface area contributed by atoms with Gasteiger partial charge < -0.3 is 137 Å². The lowest BCUT2D eigenvalue weighted by Gasteiger charge is -2.30. The van der Waals surface area contributed by atoms with E-state index < -0.39 is 253 Å². The van der Waals surface area contributed by atoms with E-state index in [0.29, 0.717) is 0 Å². The van der Waals surface area contributed by atoms with Gasteiger partial charge in [-0.05, 0) is 78.6 Å². The molecule has 0 aromatic heterocycles. The summed E-state index contributed by atoms with van der Waals surface area (Å²) in [6, 6.07) is 0. The molecule has 0 aromatic carbocycles. The van der Waals surface area contributed by atoms with Crippen LogP contribution in [0, 0.1) is 0 Å². The average Bonchev–Trinajstić information content (AvgIpc) is 3.30. The third-order valence-corrected chi connectivity index (χ3v) is 220. The van der Waals surface area contributed by atoms with Gasteiger partial charge in [-0.15, -0.1) is 0 Å². The molecule has 0 atom stereocenters. The molecule has 0 bridgehead atoms. The molecule has 0 N–H and O–H groups in total. The number of hydrogen-bond acceptors (Lipinski definition) is 31. The quantitative estimate of drug-likeness (QED) is 0.0526. The lowest BCUT2D eigenvalue weighted by molar-refractivity contribution is 0.377. The molecule has 63 heteroatoms. The van der Waals surface area contributed by atoms with Crippen molar-refractivity contribution in [1.82, 2.24) is 0 Å². The molecule has 0 heterocycles. The molecule has 31 nitrogen and oxygen atoms in total. The second kappa shape index (κ2) is 31.1. The Labute approximate surface area is 463 Å². The van der Waals surface area contributed by atoms with Gasteiger partial charge in [0.2, 0.25) is 0 Å². The zero-order valence-corrected chi connectivity index (χ0v) is 72.7. The number of hydrogen-bond donors (Lipinski definition) is 0. The summed E-state index contributed by atoms with van der Waals surface area (Å²) < 4.78 is 361. The van der Waals surface area contributed by atoms with Crippen LogP contribution in [-0.2, 0) is 137 Å². The van der Waals surface area contributed by atoms with Crippen LogP contribution in [0.3, 0.4) is 0 Å². The minimum Gasteiger partial charge on any atom is -0.575 e. The van der Waals surface area contributed by atoms with E-state index >= 15 is 0 Å². The fourth-order valence-corrected chi connectivity index (χ4v) is 302. The first-order chi connectivity index (χ1) is 33.5. The first-order valence-electron chi connectivity index (χ1n) is 19.8. The molecule has 0 aromatic rings. The number of rotatable bonds is 36. The van der Waals surface area contributed by atoms with Crippen LogP contribution in [0.2, 0.25) is 78.6 Å². The van der Waals surface area contributed by atoms with Crippen LogP contribution in [0.1, 0.15) is 0 Å². The summed E-state index contributed by atoms with van der Waals surface area (Å²) >= 11 is 0. The van der Waals surface area contributed by atoms with Gasteiger partial charge in [-0.25, -0.2) is 0 Å². The highest BCUT2D eigenvalue weighted by Gasteiger charge is 2.59. The van der Waals surface area contributed by atoms with E-state index in [1.54, 1.807) is 39.3 Å². The van der Waals surface area contributed by atoms with Crippen LogP contribution in [0.5, 0.6) is 0 Å². The summed E-state index contributed by atoms with van der Waals surface area (Å²) in [6.07, 6.45) is 0. The Kier molecular flexibility index (Phi) is 31.5. The first-order valence-corrected chi connectivity index (χ1v) is 98.5. The predicted octanol–water partition coefficient (Wildman–Crippen LogP) is -8.61. The maximum absolute atomic E-state index is 13.3. The van der Waals surface area contributed by atoms with Gasteiger partial charge in [0, 0.05) is 0 Å². The minimum atomic E-state index is -4.47. The molecule has 0 aliphatic carbocycles. The van der Waals surface area contributed by atoms with Gasteiger partial charge in [0.05, 0.1) is 0 Å². The van der Waals surface area contributed by atoms with Crippen LogP contribution < -0.4 is 0 Å². The highest BCUT2D eigenvalue weighted by molar-refractivity contribution is 7.79. The van der Waals surface area contributed by atoms with E-state index in [-0.39, 0.29) is 0 Å². The van der Waals surface area contributed by atoms with E-state index in [1.807, 2.05) is 0 Å². The average molecular weight is 1580 g/mol. The fourth-order valence-electron chi connectivity index (χ4n) is 4.50. The predicted molar refractivity (Wildman–Crippen MR) is 278 cm³/mol. The smallest absolute Gasteiger partial charge is 0.533 e. The molecule has 0 saturated carbocycles. The SMILES string of the molecule is C[Si](C)(C)O[Si][Si](=O)[Si](=O)[Si](=O)[Si](=O)[Si](=O)[Si](=O)[Si](=O)[Si](=O)O[Si](C)(C)[Si](=O)[Si](=O)[Si](=O)[Si](=O)[Si](=O)[Si](=O)[Si](=O)[Si](=O)[Si](=O)O[Si](C)(C)[Si](=O)[Si](=O)[Si](=O)[Si](=O)[Si](=O)[Si](=O)[Si](=O)[Si](=O)[Si](=O)O[Si](C)(C)O[Si](C)(C)C. The van der Waals surface area contributed by atoms with Crippen molar-refractivity contribution in [3.05, 3.63) is 0 Å². The molecule has 0 unspecified atom stereocenters. The van der Waals surface area contributed by atoms with Crippen LogP contribution in [0.15, 0.2) is 0 Å². The van der Waals surface area contributed by atoms with E-state index in [9.17, 15) is 116 Å². The standard InChI is InChI=1S/C12H36O31Si32/c1-71(2,3)39-44-48(16)52(20)56(24)60(28)57(25)54(22)50(18)46(14)41-74(9,10)70(38)68(36)66(34)64(32)62(30)59(27)55(23)51(19)47(15)42-75(11,12)69(37)67(35)65(33)63(31)61(29)58(26)53(21)49(17)45(13)40-73(7,8)43-72(4,5)6/h1-12H3. The summed E-state index contributed by atoms with van der Waals surface area (Å²) in [5.74, 6) is 0. The summed E-state index contributed by atoms with van der Waals surface area (Å²) in [5, 5.41) is 0. The van der Waals surface area contributed by atoms with Gasteiger partial charge >= 0.3 is 211 Å². The molecule has 398 valence electrons. The summed E-state index contributed by atoms with van der Waals surface area (Å²) in [5.41, 5.74) is 0. The first kappa shape index (κ1) is 76.1. The normalized spacial score (nSPS) is 11.4. The van der Waals surface area contributed by atoms with E-state index in [0.717, 1.165) is 26.2 Å². The maximum atomic E-state index is 13.3. The Morgan fingerprint density at radius 2 is 0.467 bits per heavy atom. The molecule has 0 aliphatic rings. The van der Waals surface area contributed by atoms with Gasteiger partial charge in [0.15, 0.2) is 16.6 Å². The highest BCUT2D eigenvalue weighted by atomic mass is 30.1. The second-order valence-electron chi connectivity index (χ2n) is 17.7. The Hall–Kier alpha value is 1.06. The summed E-state index contributed by atoms with van der Waals surface area (Å²) in [7, 11) is -125. The lowest BCUT2D eigenvalue weighted by atomic mass is 11.8. The van der Waals surface area contributed by atoms with Crippen LogP contribution >= 0.6 is 0 Å². The van der Waals surface area contributed by atoms with Crippen LogP contribution in [0.4, 0.5) is 0 Å². The van der Waals surface area contributed by atoms with E-state index in [2.05, 4.69) is 0 Å². The van der Waals surface area contributed by atoms with Gasteiger partial charge in [-0.2, -0.15) is 0 Å². The Morgan fingerprint density at radius 3 is 0.707 bits per heavy atom. The monoisotopic (exact) mass is 1570 g/mol. The van der Waals surface area contributed by atoms with Crippen LogP contribution in [-0.4, -0.2) is 253 Å². The highest BCUT2D eigenvalue weighted by Crippen LogP contribution is 2.15. The third kappa shape index (κ3) is 23.0. The van der Waals surface area contributed by atoms with Crippen molar-refractivity contribution in [3.63, 3.8) is 0 Å². The van der Waals surface area contributed by atoms with E-state index in [4.69, 9.17) is 20.6 Å². The van der Waals surface area contributed by atoms with Crippen molar-refractivity contribution in [3.8, 4) is 0 Å². The third-order valence-electron chi connectivity index (χ3n) is 7.81. The van der Waals surface area contributed by atoms with Crippen molar-refractivity contribution in [2.75, 3.05) is 0 Å². The molecular weight excluding hydrogens is 1540 g/mol. The summed E-state index contributed by atoms with van der Waals surface area (Å²) in [6.45, 7) is 16.7. The van der Waals surface area contributed by atoms with Crippen LogP contribution in [0.25, 0.3) is 0 Å². The molecule has 0 saturated heterocycles. The molecule has 0 fully saturated rings. The Balaban J connectivity index is 5.86. The van der Waals surface area contributed by atoms with Crippen molar-refractivity contribution < 1.29 is 137 Å².